The number of nitrogens with two attached hydrogens (primary N) is 1. The highest BCUT2D eigenvalue weighted by atomic mass is 15.1. The van der Waals surface area contributed by atoms with Crippen molar-refractivity contribution < 1.29 is 0 Å². The first-order valence-electron chi connectivity index (χ1n) is 7.31. The molecule has 1 fully saturated rings. The molecule has 2 N–H and O–H groups in total. The van der Waals surface area contributed by atoms with Gasteiger partial charge in [-0.15, -0.1) is 0 Å². The van der Waals surface area contributed by atoms with E-state index in [2.05, 4.69) is 24.1 Å². The quantitative estimate of drug-likeness (QED) is 0.828. The maximum absolute atomic E-state index is 6.22. The zero-order chi connectivity index (χ0) is 12.5. The van der Waals surface area contributed by atoms with Crippen LogP contribution < -0.4 is 5.73 Å². The van der Waals surface area contributed by atoms with Crippen molar-refractivity contribution in [1.82, 2.24) is 4.90 Å². The molecule has 1 aliphatic carbocycles. The Balaban J connectivity index is 1.78. The molecule has 0 aromatic heterocycles. The van der Waals surface area contributed by atoms with Crippen LogP contribution in [0.3, 0.4) is 0 Å². The monoisotopic (exact) mass is 244 g/mol. The van der Waals surface area contributed by atoms with Crippen LogP contribution in [0.4, 0.5) is 5.69 Å². The summed E-state index contributed by atoms with van der Waals surface area (Å²) >= 11 is 0. The minimum Gasteiger partial charge on any atom is -0.398 e. The molecule has 0 saturated heterocycles. The zero-order valence-corrected chi connectivity index (χ0v) is 11.4. The molecule has 1 aromatic rings. The number of anilines is 1. The number of nitrogens with zero attached hydrogens (tertiary/aromatic N) is 1. The summed E-state index contributed by atoms with van der Waals surface area (Å²) in [6, 6.07) is 4.64. The first kappa shape index (κ1) is 12.0. The lowest BCUT2D eigenvalue weighted by molar-refractivity contribution is 0.352. The van der Waals surface area contributed by atoms with Crippen molar-refractivity contribution in [2.75, 3.05) is 25.9 Å². The molecule has 1 saturated carbocycles. The first-order chi connectivity index (χ1) is 8.72. The van der Waals surface area contributed by atoms with Crippen LogP contribution in [-0.2, 0) is 19.3 Å². The standard InChI is InChI=1S/C16H24N2/c1-18-8-6-13-10-15(5-4-12-2-3-12)16(17)11-14(13)7-9-18/h10-12H,2-9,17H2,1H3. The number of hydrogen-bond acceptors (Lipinski definition) is 2. The molecular weight excluding hydrogens is 220 g/mol. The predicted molar refractivity (Wildman–Crippen MR) is 76.8 cm³/mol. The van der Waals surface area contributed by atoms with E-state index >= 15 is 0 Å². The maximum Gasteiger partial charge on any atom is 0.0349 e. The zero-order valence-electron chi connectivity index (χ0n) is 11.4. The van der Waals surface area contributed by atoms with E-state index < -0.39 is 0 Å². The number of aryl methyl sites for hydroxylation is 1. The van der Waals surface area contributed by atoms with Crippen LogP contribution in [0.15, 0.2) is 12.1 Å². The summed E-state index contributed by atoms with van der Waals surface area (Å²) in [5.74, 6) is 0.995. The number of rotatable bonds is 3. The summed E-state index contributed by atoms with van der Waals surface area (Å²) in [7, 11) is 2.21. The van der Waals surface area contributed by atoms with E-state index in [9.17, 15) is 0 Å². The maximum atomic E-state index is 6.22. The van der Waals surface area contributed by atoms with Crippen LogP contribution in [-0.4, -0.2) is 25.0 Å². The number of fused-ring (bicyclic) bond motifs is 1. The van der Waals surface area contributed by atoms with Gasteiger partial charge in [0.1, 0.15) is 0 Å². The molecule has 0 amide bonds. The van der Waals surface area contributed by atoms with E-state index in [1.807, 2.05) is 0 Å². The summed E-state index contributed by atoms with van der Waals surface area (Å²) in [6.07, 6.45) is 7.73. The first-order valence-corrected chi connectivity index (χ1v) is 7.31. The molecule has 1 heterocycles. The fourth-order valence-corrected chi connectivity index (χ4v) is 2.94. The van der Waals surface area contributed by atoms with Crippen molar-refractivity contribution in [1.29, 1.82) is 0 Å². The van der Waals surface area contributed by atoms with Gasteiger partial charge in [-0.1, -0.05) is 18.9 Å². The van der Waals surface area contributed by atoms with Crippen LogP contribution in [0.1, 0.15) is 36.0 Å². The highest BCUT2D eigenvalue weighted by Gasteiger charge is 2.21. The van der Waals surface area contributed by atoms with Crippen molar-refractivity contribution in [3.8, 4) is 0 Å². The van der Waals surface area contributed by atoms with Crippen LogP contribution in [0.2, 0.25) is 0 Å². The lowest BCUT2D eigenvalue weighted by Gasteiger charge is -2.12. The molecule has 98 valence electrons. The van der Waals surface area contributed by atoms with Gasteiger partial charge in [-0.05, 0) is 61.4 Å². The van der Waals surface area contributed by atoms with Crippen molar-refractivity contribution in [3.05, 3.63) is 28.8 Å². The lowest BCUT2D eigenvalue weighted by atomic mass is 9.96. The van der Waals surface area contributed by atoms with E-state index in [4.69, 9.17) is 5.73 Å². The summed E-state index contributed by atoms with van der Waals surface area (Å²) < 4.78 is 0. The Morgan fingerprint density at radius 1 is 1.17 bits per heavy atom. The molecule has 1 aliphatic heterocycles. The average Bonchev–Trinajstić information content (AvgIpc) is 3.17. The topological polar surface area (TPSA) is 29.3 Å². The summed E-state index contributed by atoms with van der Waals surface area (Å²) in [5, 5.41) is 0. The lowest BCUT2D eigenvalue weighted by Crippen LogP contribution is -2.20. The third-order valence-corrected chi connectivity index (χ3v) is 4.51. The van der Waals surface area contributed by atoms with Gasteiger partial charge < -0.3 is 10.6 Å². The van der Waals surface area contributed by atoms with Crippen LogP contribution >= 0.6 is 0 Å². The molecule has 0 spiro atoms. The van der Waals surface area contributed by atoms with Crippen molar-refractivity contribution >= 4 is 5.69 Å². The molecule has 0 atom stereocenters. The fraction of sp³-hybridized carbons (Fsp3) is 0.625. The highest BCUT2D eigenvalue weighted by Crippen LogP contribution is 2.34. The second kappa shape index (κ2) is 4.93. The minimum absolute atomic E-state index is 0.995. The molecule has 2 nitrogen and oxygen atoms in total. The number of hydrogen-bond donors (Lipinski definition) is 1. The predicted octanol–water partition coefficient (Wildman–Crippen LogP) is 2.64. The van der Waals surface area contributed by atoms with Gasteiger partial charge in [0.2, 0.25) is 0 Å². The number of benzene rings is 1. The molecule has 0 unspecified atom stereocenters. The Morgan fingerprint density at radius 3 is 2.50 bits per heavy atom. The van der Waals surface area contributed by atoms with Gasteiger partial charge in [0.25, 0.3) is 0 Å². The average molecular weight is 244 g/mol. The molecule has 3 rings (SSSR count). The highest BCUT2D eigenvalue weighted by molar-refractivity contribution is 5.53. The fourth-order valence-electron chi connectivity index (χ4n) is 2.94. The van der Waals surface area contributed by atoms with Crippen molar-refractivity contribution in [2.24, 2.45) is 5.92 Å². The molecule has 0 radical (unpaired) electrons. The number of nitrogen functional groups attached to an aromatic ring is 1. The van der Waals surface area contributed by atoms with Gasteiger partial charge in [0.15, 0.2) is 0 Å². The SMILES string of the molecule is CN1CCc2cc(N)c(CCC3CC3)cc2CC1. The van der Waals surface area contributed by atoms with E-state index in [1.54, 1.807) is 5.56 Å². The third kappa shape index (κ3) is 2.69. The third-order valence-electron chi connectivity index (χ3n) is 4.51. The second-order valence-corrected chi connectivity index (χ2v) is 6.11. The minimum atomic E-state index is 0.995. The molecule has 1 aromatic carbocycles. The van der Waals surface area contributed by atoms with Gasteiger partial charge in [0.05, 0.1) is 0 Å². The van der Waals surface area contributed by atoms with Gasteiger partial charge in [-0.2, -0.15) is 0 Å². The van der Waals surface area contributed by atoms with E-state index in [-0.39, 0.29) is 0 Å². The van der Waals surface area contributed by atoms with E-state index in [1.165, 1.54) is 49.8 Å². The number of likely N-dealkylation sites (N-methyl/N-ethyl adjacent to an activating group) is 1. The largest absolute Gasteiger partial charge is 0.398 e. The molecule has 2 heteroatoms. The van der Waals surface area contributed by atoms with Gasteiger partial charge in [-0.3, -0.25) is 0 Å². The Bertz CT molecular complexity index is 435. The van der Waals surface area contributed by atoms with Gasteiger partial charge in [0, 0.05) is 18.8 Å². The molecule has 2 aliphatic rings. The van der Waals surface area contributed by atoms with Gasteiger partial charge >= 0.3 is 0 Å². The van der Waals surface area contributed by atoms with Crippen LogP contribution in [0.5, 0.6) is 0 Å². The Labute approximate surface area is 110 Å². The molecule has 0 bridgehead atoms. The van der Waals surface area contributed by atoms with Crippen molar-refractivity contribution in [3.63, 3.8) is 0 Å². The van der Waals surface area contributed by atoms with E-state index in [0.717, 1.165) is 24.6 Å². The van der Waals surface area contributed by atoms with Crippen LogP contribution in [0.25, 0.3) is 0 Å². The second-order valence-electron chi connectivity index (χ2n) is 6.11. The van der Waals surface area contributed by atoms with E-state index in [0.29, 0.717) is 0 Å². The molecule has 18 heavy (non-hydrogen) atoms. The molecular formula is C16H24N2. The van der Waals surface area contributed by atoms with Gasteiger partial charge in [-0.25, -0.2) is 0 Å². The Hall–Kier alpha value is -1.02. The summed E-state index contributed by atoms with van der Waals surface area (Å²) in [4.78, 5) is 2.42. The van der Waals surface area contributed by atoms with Crippen LogP contribution in [0, 0.1) is 5.92 Å². The Kier molecular flexibility index (Phi) is 3.29. The summed E-state index contributed by atoms with van der Waals surface area (Å²) in [5.41, 5.74) is 11.7. The smallest absolute Gasteiger partial charge is 0.0349 e. The normalized spacial score (nSPS) is 20.5. The summed E-state index contributed by atoms with van der Waals surface area (Å²) in [6.45, 7) is 2.34. The Morgan fingerprint density at radius 2 is 1.83 bits per heavy atom. The van der Waals surface area contributed by atoms with Crippen molar-refractivity contribution in [2.45, 2.75) is 38.5 Å².